The first-order valence-corrected chi connectivity index (χ1v) is 4.95. The molecule has 0 aliphatic heterocycles. The molecule has 0 fully saturated rings. The Bertz CT molecular complexity index is 244. The van der Waals surface area contributed by atoms with E-state index in [4.69, 9.17) is 0 Å². The molecule has 1 aromatic heterocycles. The van der Waals surface area contributed by atoms with E-state index in [1.54, 1.807) is 5.38 Å². The van der Waals surface area contributed by atoms with E-state index < -0.39 is 0 Å². The third-order valence-electron chi connectivity index (χ3n) is 1.90. The molecule has 1 N–H and O–H groups in total. The van der Waals surface area contributed by atoms with Crippen molar-refractivity contribution in [3.05, 3.63) is 22.1 Å². The van der Waals surface area contributed by atoms with Gasteiger partial charge >= 0.3 is 0 Å². The van der Waals surface area contributed by atoms with Gasteiger partial charge in [0.1, 0.15) is 5.82 Å². The molecule has 0 saturated heterocycles. The van der Waals surface area contributed by atoms with Gasteiger partial charge in [0.15, 0.2) is 0 Å². The number of nitrogens with one attached hydrogen (secondary N) is 1. The highest BCUT2D eigenvalue weighted by Crippen LogP contribution is 2.28. The van der Waals surface area contributed by atoms with E-state index in [9.17, 15) is 4.39 Å². The second-order valence-electron chi connectivity index (χ2n) is 3.14. The van der Waals surface area contributed by atoms with Crippen LogP contribution in [0.25, 0.3) is 0 Å². The molecule has 0 aliphatic rings. The van der Waals surface area contributed by atoms with Gasteiger partial charge in [-0.05, 0) is 24.4 Å². The molecule has 0 bridgehead atoms. The van der Waals surface area contributed by atoms with E-state index in [2.05, 4.69) is 19.2 Å². The second kappa shape index (κ2) is 4.01. The van der Waals surface area contributed by atoms with Crippen LogP contribution in [0.2, 0.25) is 0 Å². The molecule has 1 nitrogen and oxygen atoms in total. The normalized spacial score (nSPS) is 13.8. The zero-order valence-corrected chi connectivity index (χ0v) is 8.41. The Labute approximate surface area is 76.6 Å². The van der Waals surface area contributed by atoms with Crippen LogP contribution in [0.1, 0.15) is 24.8 Å². The number of hydrogen-bond donors (Lipinski definition) is 1. The van der Waals surface area contributed by atoms with Gasteiger partial charge in [0.25, 0.3) is 0 Å². The molecule has 1 aromatic rings. The third-order valence-corrected chi connectivity index (χ3v) is 2.88. The van der Waals surface area contributed by atoms with Crippen molar-refractivity contribution in [1.82, 2.24) is 5.32 Å². The van der Waals surface area contributed by atoms with Crippen LogP contribution in [-0.2, 0) is 0 Å². The molecule has 68 valence electrons. The monoisotopic (exact) mass is 187 g/mol. The average molecular weight is 187 g/mol. The lowest BCUT2D eigenvalue weighted by Gasteiger charge is -2.18. The van der Waals surface area contributed by atoms with Crippen LogP contribution in [0.4, 0.5) is 4.39 Å². The lowest BCUT2D eigenvalue weighted by Crippen LogP contribution is -2.21. The van der Waals surface area contributed by atoms with E-state index in [1.165, 1.54) is 17.4 Å². The SMILES string of the molecule is CNC(c1sccc1F)C(C)C. The molecule has 1 unspecified atom stereocenters. The quantitative estimate of drug-likeness (QED) is 0.767. The van der Waals surface area contributed by atoms with Crippen molar-refractivity contribution in [3.8, 4) is 0 Å². The first kappa shape index (κ1) is 9.68. The third kappa shape index (κ3) is 1.84. The van der Waals surface area contributed by atoms with Gasteiger partial charge in [0.2, 0.25) is 0 Å². The first-order valence-electron chi connectivity index (χ1n) is 4.07. The maximum atomic E-state index is 13.1. The second-order valence-corrected chi connectivity index (χ2v) is 4.09. The van der Waals surface area contributed by atoms with Crippen LogP contribution in [0.15, 0.2) is 11.4 Å². The summed E-state index contributed by atoms with van der Waals surface area (Å²) in [7, 11) is 1.86. The van der Waals surface area contributed by atoms with Crippen LogP contribution in [-0.4, -0.2) is 7.05 Å². The fourth-order valence-corrected chi connectivity index (χ4v) is 2.35. The molecule has 0 aromatic carbocycles. The van der Waals surface area contributed by atoms with Crippen LogP contribution in [0.5, 0.6) is 0 Å². The van der Waals surface area contributed by atoms with Gasteiger partial charge < -0.3 is 5.32 Å². The van der Waals surface area contributed by atoms with Crippen molar-refractivity contribution in [2.45, 2.75) is 19.9 Å². The lowest BCUT2D eigenvalue weighted by molar-refractivity contribution is 0.433. The molecule has 0 amide bonds. The molecule has 0 aliphatic carbocycles. The summed E-state index contributed by atoms with van der Waals surface area (Å²) in [6, 6.07) is 1.66. The van der Waals surface area contributed by atoms with Gasteiger partial charge in [-0.15, -0.1) is 11.3 Å². The maximum Gasteiger partial charge on any atom is 0.138 e. The maximum absolute atomic E-state index is 13.1. The van der Waals surface area contributed by atoms with E-state index >= 15 is 0 Å². The van der Waals surface area contributed by atoms with Crippen molar-refractivity contribution >= 4 is 11.3 Å². The van der Waals surface area contributed by atoms with Crippen molar-refractivity contribution in [2.24, 2.45) is 5.92 Å². The average Bonchev–Trinajstić information content (AvgIpc) is 2.38. The molecule has 0 radical (unpaired) electrons. The predicted octanol–water partition coefficient (Wildman–Crippen LogP) is 2.80. The molecule has 1 heterocycles. The zero-order chi connectivity index (χ0) is 9.14. The number of thiophene rings is 1. The molecular formula is C9H14FNS. The van der Waals surface area contributed by atoms with Crippen LogP contribution in [0, 0.1) is 11.7 Å². The summed E-state index contributed by atoms with van der Waals surface area (Å²) in [6.45, 7) is 4.17. The minimum absolute atomic E-state index is 0.0898. The number of hydrogen-bond acceptors (Lipinski definition) is 2. The van der Waals surface area contributed by atoms with E-state index in [0.717, 1.165) is 4.88 Å². The number of rotatable bonds is 3. The Morgan fingerprint density at radius 1 is 1.50 bits per heavy atom. The highest BCUT2D eigenvalue weighted by molar-refractivity contribution is 7.10. The molecule has 0 saturated carbocycles. The van der Waals surface area contributed by atoms with Gasteiger partial charge in [0.05, 0.1) is 4.88 Å². The standard InChI is InChI=1S/C9H14FNS/c1-6(2)8(11-3)9-7(10)4-5-12-9/h4-6,8,11H,1-3H3. The Morgan fingerprint density at radius 2 is 2.17 bits per heavy atom. The summed E-state index contributed by atoms with van der Waals surface area (Å²) in [5, 5.41) is 4.90. The summed E-state index contributed by atoms with van der Waals surface area (Å²) in [6.07, 6.45) is 0. The van der Waals surface area contributed by atoms with Crippen LogP contribution in [0.3, 0.4) is 0 Å². The summed E-state index contributed by atoms with van der Waals surface area (Å²) in [4.78, 5) is 0.813. The first-order chi connectivity index (χ1) is 5.66. The van der Waals surface area contributed by atoms with Crippen LogP contribution < -0.4 is 5.32 Å². The summed E-state index contributed by atoms with van der Waals surface area (Å²) in [5.74, 6) is 0.330. The fraction of sp³-hybridized carbons (Fsp3) is 0.556. The van der Waals surface area contributed by atoms with Crippen molar-refractivity contribution in [1.29, 1.82) is 0 Å². The Kier molecular flexibility index (Phi) is 3.23. The van der Waals surface area contributed by atoms with Crippen molar-refractivity contribution in [2.75, 3.05) is 7.05 Å². The number of halogens is 1. The van der Waals surface area contributed by atoms with Crippen molar-refractivity contribution in [3.63, 3.8) is 0 Å². The van der Waals surface area contributed by atoms with Crippen LogP contribution >= 0.6 is 11.3 Å². The van der Waals surface area contributed by atoms with E-state index in [-0.39, 0.29) is 11.9 Å². The summed E-state index contributed by atoms with van der Waals surface area (Å²) < 4.78 is 13.1. The van der Waals surface area contributed by atoms with Gasteiger partial charge in [0, 0.05) is 6.04 Å². The molecule has 0 spiro atoms. The predicted molar refractivity (Wildman–Crippen MR) is 50.9 cm³/mol. The molecule has 1 atom stereocenters. The van der Waals surface area contributed by atoms with E-state index in [1.807, 2.05) is 7.05 Å². The minimum atomic E-state index is -0.0898. The van der Waals surface area contributed by atoms with Gasteiger partial charge in [-0.1, -0.05) is 13.8 Å². The highest BCUT2D eigenvalue weighted by Gasteiger charge is 2.18. The molecular weight excluding hydrogens is 173 g/mol. The van der Waals surface area contributed by atoms with E-state index in [0.29, 0.717) is 5.92 Å². The Hall–Kier alpha value is -0.410. The highest BCUT2D eigenvalue weighted by atomic mass is 32.1. The van der Waals surface area contributed by atoms with Gasteiger partial charge in [-0.3, -0.25) is 0 Å². The summed E-state index contributed by atoms with van der Waals surface area (Å²) in [5.41, 5.74) is 0. The lowest BCUT2D eigenvalue weighted by atomic mass is 10.0. The van der Waals surface area contributed by atoms with Gasteiger partial charge in [-0.25, -0.2) is 4.39 Å². The molecule has 12 heavy (non-hydrogen) atoms. The topological polar surface area (TPSA) is 12.0 Å². The summed E-state index contributed by atoms with van der Waals surface area (Å²) >= 11 is 1.47. The zero-order valence-electron chi connectivity index (χ0n) is 7.60. The smallest absolute Gasteiger partial charge is 0.138 e. The Balaban J connectivity index is 2.87. The van der Waals surface area contributed by atoms with Gasteiger partial charge in [-0.2, -0.15) is 0 Å². The molecule has 3 heteroatoms. The minimum Gasteiger partial charge on any atom is -0.312 e. The molecule has 1 rings (SSSR count). The van der Waals surface area contributed by atoms with Crippen molar-refractivity contribution < 1.29 is 4.39 Å². The fourth-order valence-electron chi connectivity index (χ4n) is 1.29. The largest absolute Gasteiger partial charge is 0.312 e. The Morgan fingerprint density at radius 3 is 2.50 bits per heavy atom.